The Balaban J connectivity index is 2.41. The number of anilines is 2. The minimum atomic E-state index is 0.409. The highest BCUT2D eigenvalue weighted by molar-refractivity contribution is 5.64. The second kappa shape index (κ2) is 4.77. The van der Waals surface area contributed by atoms with Crippen molar-refractivity contribution in [2.45, 2.75) is 45.2 Å². The number of hydrogen-bond acceptors (Lipinski definition) is 5. The first-order valence-electron chi connectivity index (χ1n) is 6.11. The lowest BCUT2D eigenvalue weighted by molar-refractivity contribution is 0.410. The molecule has 1 aliphatic heterocycles. The number of nitrogens with zero attached hydrogens (tertiary/aromatic N) is 3. The molecule has 1 fully saturated rings. The van der Waals surface area contributed by atoms with Crippen molar-refractivity contribution < 1.29 is 4.74 Å². The number of methoxy groups -OCH3 is 1. The summed E-state index contributed by atoms with van der Waals surface area (Å²) in [4.78, 5) is 10.6. The molecule has 0 aliphatic carbocycles. The highest BCUT2D eigenvalue weighted by atomic mass is 16.5. The maximum Gasteiger partial charge on any atom is 0.204 e. The molecule has 0 amide bonds. The molecule has 0 aromatic carbocycles. The molecule has 17 heavy (non-hydrogen) atoms. The van der Waals surface area contributed by atoms with Crippen LogP contribution in [0.5, 0.6) is 5.75 Å². The average molecular weight is 236 g/mol. The van der Waals surface area contributed by atoms with Crippen LogP contribution in [-0.4, -0.2) is 29.2 Å². The summed E-state index contributed by atoms with van der Waals surface area (Å²) < 4.78 is 5.34. The van der Waals surface area contributed by atoms with Gasteiger partial charge in [0, 0.05) is 12.1 Å². The van der Waals surface area contributed by atoms with E-state index in [4.69, 9.17) is 10.5 Å². The Bertz CT molecular complexity index is 396. The van der Waals surface area contributed by atoms with Gasteiger partial charge in [-0.3, -0.25) is 0 Å². The van der Waals surface area contributed by atoms with Crippen LogP contribution in [0, 0.1) is 0 Å². The molecule has 2 heterocycles. The molecule has 2 rings (SSSR count). The van der Waals surface area contributed by atoms with Crippen LogP contribution in [0.2, 0.25) is 0 Å². The molecule has 0 saturated carbocycles. The molecule has 0 bridgehead atoms. The van der Waals surface area contributed by atoms with E-state index in [-0.39, 0.29) is 0 Å². The molecule has 2 N–H and O–H groups in total. The number of nitrogen functional groups attached to an aromatic ring is 1. The Morgan fingerprint density at radius 1 is 1.47 bits per heavy atom. The van der Waals surface area contributed by atoms with Crippen LogP contribution in [0.4, 0.5) is 11.6 Å². The summed E-state index contributed by atoms with van der Waals surface area (Å²) >= 11 is 0. The predicted octanol–water partition coefficient (Wildman–Crippen LogP) is 1.83. The van der Waals surface area contributed by atoms with Gasteiger partial charge < -0.3 is 15.4 Å². The van der Waals surface area contributed by atoms with Gasteiger partial charge in [0.25, 0.3) is 0 Å². The van der Waals surface area contributed by atoms with Crippen LogP contribution in [0.1, 0.15) is 33.1 Å². The maximum absolute atomic E-state index is 5.83. The second-order valence-electron chi connectivity index (χ2n) is 4.51. The SMILES string of the molecule is CCC1CCC(C)N1c1ncnc(N)c1OC. The summed E-state index contributed by atoms with van der Waals surface area (Å²) in [6, 6.07) is 0.997. The number of ether oxygens (including phenoxy) is 1. The van der Waals surface area contributed by atoms with Crippen LogP contribution in [-0.2, 0) is 0 Å². The van der Waals surface area contributed by atoms with Crippen molar-refractivity contribution in [3.05, 3.63) is 6.33 Å². The Hall–Kier alpha value is -1.52. The Morgan fingerprint density at radius 2 is 2.24 bits per heavy atom. The van der Waals surface area contributed by atoms with Gasteiger partial charge in [-0.15, -0.1) is 0 Å². The number of aromatic nitrogens is 2. The molecule has 0 spiro atoms. The van der Waals surface area contributed by atoms with Gasteiger partial charge in [0.15, 0.2) is 11.6 Å². The van der Waals surface area contributed by atoms with Crippen molar-refractivity contribution in [2.24, 2.45) is 0 Å². The highest BCUT2D eigenvalue weighted by Crippen LogP contribution is 2.37. The van der Waals surface area contributed by atoms with E-state index in [2.05, 4.69) is 28.7 Å². The third-order valence-corrected chi connectivity index (χ3v) is 3.52. The molecule has 1 aliphatic rings. The molecule has 1 saturated heterocycles. The van der Waals surface area contributed by atoms with Gasteiger partial charge >= 0.3 is 0 Å². The third kappa shape index (κ3) is 2.01. The van der Waals surface area contributed by atoms with E-state index in [1.165, 1.54) is 19.2 Å². The van der Waals surface area contributed by atoms with Crippen molar-refractivity contribution in [3.63, 3.8) is 0 Å². The topological polar surface area (TPSA) is 64.3 Å². The Kier molecular flexibility index (Phi) is 3.36. The summed E-state index contributed by atoms with van der Waals surface area (Å²) in [7, 11) is 1.61. The molecule has 2 atom stereocenters. The Morgan fingerprint density at radius 3 is 2.88 bits per heavy atom. The third-order valence-electron chi connectivity index (χ3n) is 3.52. The second-order valence-corrected chi connectivity index (χ2v) is 4.51. The first-order valence-corrected chi connectivity index (χ1v) is 6.11. The van der Waals surface area contributed by atoms with E-state index >= 15 is 0 Å². The lowest BCUT2D eigenvalue weighted by atomic mass is 10.1. The molecule has 94 valence electrons. The first kappa shape index (κ1) is 12.0. The van der Waals surface area contributed by atoms with Crippen molar-refractivity contribution in [2.75, 3.05) is 17.7 Å². The molecule has 5 heteroatoms. The summed E-state index contributed by atoms with van der Waals surface area (Å²) in [6.45, 7) is 4.42. The largest absolute Gasteiger partial charge is 0.490 e. The quantitative estimate of drug-likeness (QED) is 0.867. The van der Waals surface area contributed by atoms with Crippen molar-refractivity contribution in [3.8, 4) is 5.75 Å². The maximum atomic E-state index is 5.83. The fourth-order valence-electron chi connectivity index (χ4n) is 2.61. The molecular weight excluding hydrogens is 216 g/mol. The molecule has 0 radical (unpaired) electrons. The van der Waals surface area contributed by atoms with Crippen LogP contribution in [0.3, 0.4) is 0 Å². The first-order chi connectivity index (χ1) is 8.19. The van der Waals surface area contributed by atoms with E-state index in [0.29, 0.717) is 23.7 Å². The summed E-state index contributed by atoms with van der Waals surface area (Å²) in [5.41, 5.74) is 5.83. The van der Waals surface area contributed by atoms with Crippen LogP contribution in [0.25, 0.3) is 0 Å². The van der Waals surface area contributed by atoms with Crippen LogP contribution >= 0.6 is 0 Å². The fourth-order valence-corrected chi connectivity index (χ4v) is 2.61. The van der Waals surface area contributed by atoms with Crippen molar-refractivity contribution >= 4 is 11.6 Å². The average Bonchev–Trinajstić information content (AvgIpc) is 2.70. The minimum absolute atomic E-state index is 0.409. The highest BCUT2D eigenvalue weighted by Gasteiger charge is 2.32. The van der Waals surface area contributed by atoms with Gasteiger partial charge in [-0.25, -0.2) is 9.97 Å². The van der Waals surface area contributed by atoms with E-state index in [1.54, 1.807) is 7.11 Å². The zero-order valence-corrected chi connectivity index (χ0v) is 10.7. The molecular formula is C12H20N4O. The van der Waals surface area contributed by atoms with Crippen molar-refractivity contribution in [1.29, 1.82) is 0 Å². The molecule has 5 nitrogen and oxygen atoms in total. The van der Waals surface area contributed by atoms with E-state index in [9.17, 15) is 0 Å². The summed E-state index contributed by atoms with van der Waals surface area (Å²) in [5.74, 6) is 1.84. The summed E-state index contributed by atoms with van der Waals surface area (Å²) in [5, 5.41) is 0. The molecule has 1 aromatic heterocycles. The van der Waals surface area contributed by atoms with Gasteiger partial charge in [-0.1, -0.05) is 6.92 Å². The van der Waals surface area contributed by atoms with Crippen molar-refractivity contribution in [1.82, 2.24) is 9.97 Å². The monoisotopic (exact) mass is 236 g/mol. The minimum Gasteiger partial charge on any atom is -0.490 e. The van der Waals surface area contributed by atoms with E-state index in [1.807, 2.05) is 0 Å². The lowest BCUT2D eigenvalue weighted by Gasteiger charge is -2.30. The normalized spacial score (nSPS) is 24.1. The smallest absolute Gasteiger partial charge is 0.204 e. The zero-order chi connectivity index (χ0) is 12.4. The van der Waals surface area contributed by atoms with Gasteiger partial charge in [0.2, 0.25) is 5.75 Å². The molecule has 2 unspecified atom stereocenters. The van der Waals surface area contributed by atoms with Gasteiger partial charge in [-0.05, 0) is 26.2 Å². The number of rotatable bonds is 3. The molecule has 1 aromatic rings. The Labute approximate surface area is 102 Å². The van der Waals surface area contributed by atoms with Gasteiger partial charge in [-0.2, -0.15) is 0 Å². The zero-order valence-electron chi connectivity index (χ0n) is 10.7. The fraction of sp³-hybridized carbons (Fsp3) is 0.667. The predicted molar refractivity (Wildman–Crippen MR) is 68.3 cm³/mol. The number of nitrogens with two attached hydrogens (primary N) is 1. The lowest BCUT2D eigenvalue weighted by Crippen LogP contribution is -2.35. The van der Waals surface area contributed by atoms with E-state index < -0.39 is 0 Å². The standard InChI is InChI=1S/C12H20N4O/c1-4-9-6-5-8(2)16(9)12-10(17-3)11(13)14-7-15-12/h7-9H,4-6H2,1-3H3,(H2,13,14,15). The van der Waals surface area contributed by atoms with Crippen LogP contribution < -0.4 is 15.4 Å². The van der Waals surface area contributed by atoms with Gasteiger partial charge in [0.1, 0.15) is 6.33 Å². The van der Waals surface area contributed by atoms with Gasteiger partial charge in [0.05, 0.1) is 7.11 Å². The van der Waals surface area contributed by atoms with Crippen LogP contribution in [0.15, 0.2) is 6.33 Å². The number of hydrogen-bond donors (Lipinski definition) is 1. The van der Waals surface area contributed by atoms with E-state index in [0.717, 1.165) is 12.2 Å². The summed E-state index contributed by atoms with van der Waals surface area (Å²) in [6.07, 6.45) is 5.00.